The summed E-state index contributed by atoms with van der Waals surface area (Å²) in [5, 5.41) is 0. The number of hydrogen-bond donors (Lipinski definition) is 0. The van der Waals surface area contributed by atoms with E-state index in [0.717, 1.165) is 5.56 Å². The van der Waals surface area contributed by atoms with Crippen LogP contribution >= 0.6 is 0 Å². The molecule has 0 fully saturated rings. The maximum atomic E-state index is 13.8. The van der Waals surface area contributed by atoms with Crippen LogP contribution in [0.25, 0.3) is 15.9 Å². The Morgan fingerprint density at radius 3 is 2.88 bits per heavy atom. The van der Waals surface area contributed by atoms with Gasteiger partial charge in [0.05, 0.1) is 30.3 Å². The summed E-state index contributed by atoms with van der Waals surface area (Å²) in [7, 11) is 3.16. The van der Waals surface area contributed by atoms with Crippen LogP contribution in [-0.2, 0) is 18.2 Å². The number of carbonyl (C=O) groups is 1. The topological polar surface area (TPSA) is 48.5 Å². The summed E-state index contributed by atoms with van der Waals surface area (Å²) < 4.78 is 20.3. The van der Waals surface area contributed by atoms with Gasteiger partial charge in [0.1, 0.15) is 11.6 Å². The van der Waals surface area contributed by atoms with Gasteiger partial charge in [-0.2, -0.15) is 0 Å². The van der Waals surface area contributed by atoms with E-state index < -0.39 is 11.8 Å². The highest BCUT2D eigenvalue weighted by molar-refractivity contribution is 5.89. The lowest BCUT2D eigenvalue weighted by Gasteiger charge is -2.05. The van der Waals surface area contributed by atoms with Crippen molar-refractivity contribution in [3.05, 3.63) is 70.6 Å². The Hall–Kier alpha value is -3.20. The lowest BCUT2D eigenvalue weighted by molar-refractivity contribution is 0.0600. The highest BCUT2D eigenvalue weighted by Gasteiger charge is 2.13. The molecule has 2 aromatic carbocycles. The molecule has 5 nitrogen and oxygen atoms in total. The van der Waals surface area contributed by atoms with Gasteiger partial charge in [-0.3, -0.25) is 0 Å². The summed E-state index contributed by atoms with van der Waals surface area (Å²) in [5.74, 6) is -0.256. The number of benzene rings is 2. The van der Waals surface area contributed by atoms with Crippen molar-refractivity contribution in [2.24, 2.45) is 7.05 Å². The number of nitrogens with zero attached hydrogens (tertiary/aromatic N) is 3. The summed E-state index contributed by atoms with van der Waals surface area (Å²) in [6, 6.07) is 9.87. The summed E-state index contributed by atoms with van der Waals surface area (Å²) in [6.45, 7) is 7.01. The maximum absolute atomic E-state index is 13.8. The van der Waals surface area contributed by atoms with Crippen LogP contribution < -0.4 is 0 Å². The van der Waals surface area contributed by atoms with Gasteiger partial charge in [0.15, 0.2) is 0 Å². The fourth-order valence-corrected chi connectivity index (χ4v) is 2.60. The Bertz CT molecular complexity index is 986. The fourth-order valence-electron chi connectivity index (χ4n) is 2.60. The van der Waals surface area contributed by atoms with Crippen LogP contribution in [0.5, 0.6) is 0 Å². The lowest BCUT2D eigenvalue weighted by Crippen LogP contribution is -2.03. The number of rotatable bonds is 3. The summed E-state index contributed by atoms with van der Waals surface area (Å²) in [5.41, 5.74) is 2.53. The Kier molecular flexibility index (Phi) is 4.00. The summed E-state index contributed by atoms with van der Waals surface area (Å²) >= 11 is 0. The van der Waals surface area contributed by atoms with Gasteiger partial charge in [-0.15, -0.1) is 0 Å². The minimum Gasteiger partial charge on any atom is -0.465 e. The Morgan fingerprint density at radius 1 is 1.38 bits per heavy atom. The van der Waals surface area contributed by atoms with Crippen LogP contribution in [0.1, 0.15) is 21.7 Å². The smallest absolute Gasteiger partial charge is 0.337 e. The first kappa shape index (κ1) is 15.7. The second-order valence-electron chi connectivity index (χ2n) is 5.36. The quantitative estimate of drug-likeness (QED) is 0.546. The first-order chi connectivity index (χ1) is 11.5. The van der Waals surface area contributed by atoms with Crippen LogP contribution in [0, 0.1) is 12.4 Å². The monoisotopic (exact) mass is 323 g/mol. The Balaban J connectivity index is 2.01. The van der Waals surface area contributed by atoms with E-state index in [9.17, 15) is 9.18 Å². The predicted molar refractivity (Wildman–Crippen MR) is 87.5 cm³/mol. The molecule has 0 aliphatic heterocycles. The van der Waals surface area contributed by atoms with E-state index in [4.69, 9.17) is 11.3 Å². The number of fused-ring (bicyclic) bond motifs is 1. The van der Waals surface area contributed by atoms with Gasteiger partial charge in [0, 0.05) is 13.5 Å². The number of esters is 1. The SMILES string of the molecule is [C-]#[N+]c1cc2c(cc1F)nc(Cc1cccc(C(=O)OC)c1)n2C. The average Bonchev–Trinajstić information content (AvgIpc) is 2.88. The summed E-state index contributed by atoms with van der Waals surface area (Å²) in [6.07, 6.45) is 0.477. The molecule has 0 saturated heterocycles. The van der Waals surface area contributed by atoms with Gasteiger partial charge in [-0.1, -0.05) is 12.1 Å². The molecule has 0 N–H and O–H groups in total. The normalized spacial score (nSPS) is 10.6. The molecule has 0 aliphatic rings. The molecule has 24 heavy (non-hydrogen) atoms. The van der Waals surface area contributed by atoms with E-state index in [1.807, 2.05) is 17.7 Å². The van der Waals surface area contributed by atoms with Gasteiger partial charge in [-0.25, -0.2) is 19.0 Å². The molecular weight excluding hydrogens is 309 g/mol. The molecule has 0 bridgehead atoms. The van der Waals surface area contributed by atoms with E-state index in [2.05, 4.69) is 9.83 Å². The van der Waals surface area contributed by atoms with Crippen LogP contribution in [0.2, 0.25) is 0 Å². The number of methoxy groups -OCH3 is 1. The first-order valence-corrected chi connectivity index (χ1v) is 7.23. The molecule has 0 spiro atoms. The van der Waals surface area contributed by atoms with E-state index in [-0.39, 0.29) is 5.69 Å². The predicted octanol–water partition coefficient (Wildman–Crippen LogP) is 3.64. The maximum Gasteiger partial charge on any atom is 0.337 e. The number of hydrogen-bond acceptors (Lipinski definition) is 3. The zero-order valence-corrected chi connectivity index (χ0v) is 13.2. The molecule has 0 radical (unpaired) electrons. The number of ether oxygens (including phenoxy) is 1. The molecule has 1 heterocycles. The number of aryl methyl sites for hydroxylation is 1. The molecule has 0 saturated carbocycles. The number of imidazole rings is 1. The van der Waals surface area contributed by atoms with E-state index in [1.54, 1.807) is 18.2 Å². The molecule has 0 aliphatic carbocycles. The van der Waals surface area contributed by atoms with Crippen LogP contribution in [0.4, 0.5) is 10.1 Å². The van der Waals surface area contributed by atoms with Crippen molar-refractivity contribution in [1.82, 2.24) is 9.55 Å². The van der Waals surface area contributed by atoms with Crippen molar-refractivity contribution in [3.63, 3.8) is 0 Å². The number of halogens is 1. The average molecular weight is 323 g/mol. The third-order valence-electron chi connectivity index (χ3n) is 3.87. The third-order valence-corrected chi connectivity index (χ3v) is 3.87. The van der Waals surface area contributed by atoms with Crippen LogP contribution in [0.15, 0.2) is 36.4 Å². The minimum absolute atomic E-state index is 0.0234. The minimum atomic E-state index is -0.574. The van der Waals surface area contributed by atoms with E-state index >= 15 is 0 Å². The molecule has 1 aromatic heterocycles. The second-order valence-corrected chi connectivity index (χ2v) is 5.36. The molecule has 3 rings (SSSR count). The Morgan fingerprint density at radius 2 is 2.17 bits per heavy atom. The van der Waals surface area contributed by atoms with Crippen molar-refractivity contribution in [3.8, 4) is 0 Å². The van der Waals surface area contributed by atoms with E-state index in [1.165, 1.54) is 19.2 Å². The van der Waals surface area contributed by atoms with Gasteiger partial charge < -0.3 is 9.30 Å². The van der Waals surface area contributed by atoms with Crippen molar-refractivity contribution < 1.29 is 13.9 Å². The van der Waals surface area contributed by atoms with Gasteiger partial charge in [0.2, 0.25) is 5.69 Å². The highest BCUT2D eigenvalue weighted by atomic mass is 19.1. The highest BCUT2D eigenvalue weighted by Crippen LogP contribution is 2.26. The molecule has 0 amide bonds. The zero-order chi connectivity index (χ0) is 17.3. The largest absolute Gasteiger partial charge is 0.465 e. The molecule has 6 heteroatoms. The van der Waals surface area contributed by atoms with Gasteiger partial charge in [-0.05, 0) is 29.8 Å². The van der Waals surface area contributed by atoms with Crippen molar-refractivity contribution in [1.29, 1.82) is 0 Å². The van der Waals surface area contributed by atoms with Gasteiger partial charge in [0.25, 0.3) is 0 Å². The van der Waals surface area contributed by atoms with Crippen molar-refractivity contribution in [2.75, 3.05) is 7.11 Å². The van der Waals surface area contributed by atoms with Crippen LogP contribution in [0.3, 0.4) is 0 Å². The second kappa shape index (κ2) is 6.13. The van der Waals surface area contributed by atoms with Gasteiger partial charge >= 0.3 is 5.97 Å². The number of carbonyl (C=O) groups excluding carboxylic acids is 1. The molecule has 120 valence electrons. The standard InChI is InChI=1S/C18H14FN3O2/c1-20-14-10-16-15(9-13(14)19)21-17(22(16)2)8-11-5-4-6-12(7-11)18(23)24-3/h4-7,9-10H,8H2,2-3H3. The first-order valence-electron chi connectivity index (χ1n) is 7.23. The molecule has 0 atom stereocenters. The lowest BCUT2D eigenvalue weighted by atomic mass is 10.1. The molecule has 3 aromatic rings. The van der Waals surface area contributed by atoms with Crippen molar-refractivity contribution in [2.45, 2.75) is 6.42 Å². The van der Waals surface area contributed by atoms with E-state index in [0.29, 0.717) is 28.8 Å². The third kappa shape index (κ3) is 2.72. The fraction of sp³-hybridized carbons (Fsp3) is 0.167. The summed E-state index contributed by atoms with van der Waals surface area (Å²) in [4.78, 5) is 19.2. The molecular formula is C18H14FN3O2. The molecule has 0 unspecified atom stereocenters. The zero-order valence-electron chi connectivity index (χ0n) is 13.2. The van der Waals surface area contributed by atoms with Crippen molar-refractivity contribution >= 4 is 22.7 Å². The Labute approximate surface area is 138 Å². The van der Waals surface area contributed by atoms with Crippen LogP contribution in [-0.4, -0.2) is 22.6 Å². The number of aromatic nitrogens is 2.